The fourth-order valence-corrected chi connectivity index (χ4v) is 1.77. The molecule has 1 aliphatic carbocycles. The van der Waals surface area contributed by atoms with E-state index >= 15 is 0 Å². The number of aromatic nitrogens is 2. The van der Waals surface area contributed by atoms with E-state index in [1.807, 2.05) is 19.3 Å². The second-order valence-corrected chi connectivity index (χ2v) is 4.71. The summed E-state index contributed by atoms with van der Waals surface area (Å²) in [6.45, 7) is 1.32. The average molecular weight is 247 g/mol. The number of nitrogens with one attached hydrogen (secondary N) is 1. The molecule has 5 nitrogen and oxygen atoms in total. The third kappa shape index (κ3) is 2.92. The summed E-state index contributed by atoms with van der Waals surface area (Å²) in [6, 6.07) is 2.75. The number of hydrogen-bond acceptors (Lipinski definition) is 4. The number of rotatable bonds is 6. The molecule has 18 heavy (non-hydrogen) atoms. The third-order valence-electron chi connectivity index (χ3n) is 2.94. The van der Waals surface area contributed by atoms with Gasteiger partial charge in [-0.15, -0.1) is 0 Å². The standard InChI is InChI=1S/C13H17N3O2/c1-16-7-13(6-15-16)18-9-12-4-10(8-17-12)5-14-11-2-3-11/h4,6-8,11,14H,2-3,5,9H2,1H3. The predicted molar refractivity (Wildman–Crippen MR) is 66.1 cm³/mol. The van der Waals surface area contributed by atoms with Crippen molar-refractivity contribution in [1.29, 1.82) is 0 Å². The van der Waals surface area contributed by atoms with E-state index < -0.39 is 0 Å². The van der Waals surface area contributed by atoms with Gasteiger partial charge in [0, 0.05) is 25.2 Å². The van der Waals surface area contributed by atoms with Gasteiger partial charge in [-0.25, -0.2) is 0 Å². The zero-order chi connectivity index (χ0) is 12.4. The highest BCUT2D eigenvalue weighted by Gasteiger charge is 2.20. The fraction of sp³-hybridized carbons (Fsp3) is 0.462. The molecule has 2 heterocycles. The Morgan fingerprint density at radius 3 is 3.17 bits per heavy atom. The van der Waals surface area contributed by atoms with Crippen LogP contribution in [-0.4, -0.2) is 15.8 Å². The molecule has 2 aromatic heterocycles. The first kappa shape index (κ1) is 11.3. The van der Waals surface area contributed by atoms with Crippen LogP contribution in [0, 0.1) is 0 Å². The molecule has 2 aromatic rings. The van der Waals surface area contributed by atoms with Gasteiger partial charge < -0.3 is 14.5 Å². The van der Waals surface area contributed by atoms with Crippen molar-refractivity contribution < 1.29 is 9.15 Å². The fourth-order valence-electron chi connectivity index (χ4n) is 1.77. The normalized spacial score (nSPS) is 14.9. The summed E-state index contributed by atoms with van der Waals surface area (Å²) in [6.07, 6.45) is 7.91. The maximum Gasteiger partial charge on any atom is 0.157 e. The summed E-state index contributed by atoms with van der Waals surface area (Å²) < 4.78 is 12.7. The van der Waals surface area contributed by atoms with Crippen LogP contribution in [0.2, 0.25) is 0 Å². The highest BCUT2D eigenvalue weighted by atomic mass is 16.5. The number of furan rings is 1. The lowest BCUT2D eigenvalue weighted by atomic mass is 10.3. The second kappa shape index (κ2) is 4.86. The molecule has 0 aromatic carbocycles. The van der Waals surface area contributed by atoms with Gasteiger partial charge in [0.05, 0.1) is 18.7 Å². The molecule has 1 N–H and O–H groups in total. The highest BCUT2D eigenvalue weighted by molar-refractivity contribution is 5.15. The Hall–Kier alpha value is -1.75. The van der Waals surface area contributed by atoms with Gasteiger partial charge in [-0.3, -0.25) is 4.68 Å². The van der Waals surface area contributed by atoms with Gasteiger partial charge in [0.15, 0.2) is 5.75 Å². The number of nitrogens with zero attached hydrogens (tertiary/aromatic N) is 2. The van der Waals surface area contributed by atoms with Crippen molar-refractivity contribution in [2.24, 2.45) is 7.05 Å². The van der Waals surface area contributed by atoms with Crippen LogP contribution in [0.3, 0.4) is 0 Å². The predicted octanol–water partition coefficient (Wildman–Crippen LogP) is 1.84. The van der Waals surface area contributed by atoms with Gasteiger partial charge in [0.2, 0.25) is 0 Å². The minimum atomic E-state index is 0.440. The first-order chi connectivity index (χ1) is 8.79. The topological polar surface area (TPSA) is 52.2 Å². The molecule has 0 unspecified atom stereocenters. The molecule has 1 aliphatic rings. The molecule has 1 saturated carbocycles. The molecular formula is C13H17N3O2. The van der Waals surface area contributed by atoms with Gasteiger partial charge in [-0.2, -0.15) is 5.10 Å². The minimum absolute atomic E-state index is 0.440. The summed E-state index contributed by atoms with van der Waals surface area (Å²) in [5, 5.41) is 7.49. The van der Waals surface area contributed by atoms with E-state index in [9.17, 15) is 0 Å². The molecule has 0 aliphatic heterocycles. The Kier molecular flexibility index (Phi) is 3.06. The Morgan fingerprint density at radius 1 is 1.56 bits per heavy atom. The largest absolute Gasteiger partial charge is 0.482 e. The zero-order valence-corrected chi connectivity index (χ0v) is 10.4. The quantitative estimate of drug-likeness (QED) is 0.846. The molecule has 0 bridgehead atoms. The van der Waals surface area contributed by atoms with Crippen molar-refractivity contribution in [3.05, 3.63) is 36.0 Å². The molecule has 96 valence electrons. The zero-order valence-electron chi connectivity index (χ0n) is 10.4. The molecule has 0 saturated heterocycles. The summed E-state index contributed by atoms with van der Waals surface area (Å²) in [5.74, 6) is 1.60. The lowest BCUT2D eigenvalue weighted by molar-refractivity contribution is 0.270. The van der Waals surface area contributed by atoms with Gasteiger partial charge in [-0.1, -0.05) is 0 Å². The average Bonchev–Trinajstić information content (AvgIpc) is 2.93. The Labute approximate surface area is 106 Å². The second-order valence-electron chi connectivity index (χ2n) is 4.71. The Balaban J connectivity index is 1.49. The van der Waals surface area contributed by atoms with Crippen molar-refractivity contribution in [1.82, 2.24) is 15.1 Å². The molecule has 0 amide bonds. The van der Waals surface area contributed by atoms with Crippen molar-refractivity contribution in [3.8, 4) is 5.75 Å². The van der Waals surface area contributed by atoms with Crippen molar-refractivity contribution >= 4 is 0 Å². The first-order valence-corrected chi connectivity index (χ1v) is 6.21. The number of hydrogen-bond donors (Lipinski definition) is 1. The summed E-state index contributed by atoms with van der Waals surface area (Å²) in [7, 11) is 1.86. The molecule has 0 radical (unpaired) electrons. The minimum Gasteiger partial charge on any atom is -0.482 e. The Bertz CT molecular complexity index is 514. The van der Waals surface area contributed by atoms with E-state index in [-0.39, 0.29) is 0 Å². The molecule has 0 atom stereocenters. The van der Waals surface area contributed by atoms with Crippen molar-refractivity contribution in [2.75, 3.05) is 0 Å². The van der Waals surface area contributed by atoms with E-state index in [4.69, 9.17) is 9.15 Å². The maximum atomic E-state index is 5.57. The van der Waals surface area contributed by atoms with E-state index in [0.29, 0.717) is 6.61 Å². The molecular weight excluding hydrogens is 230 g/mol. The molecule has 0 spiro atoms. The van der Waals surface area contributed by atoms with Crippen LogP contribution >= 0.6 is 0 Å². The van der Waals surface area contributed by atoms with Crippen LogP contribution in [0.5, 0.6) is 5.75 Å². The summed E-state index contributed by atoms with van der Waals surface area (Å²) in [5.41, 5.74) is 1.17. The van der Waals surface area contributed by atoms with Gasteiger partial charge in [0.25, 0.3) is 0 Å². The first-order valence-electron chi connectivity index (χ1n) is 6.21. The Morgan fingerprint density at radius 2 is 2.44 bits per heavy atom. The van der Waals surface area contributed by atoms with Crippen molar-refractivity contribution in [3.63, 3.8) is 0 Å². The SMILES string of the molecule is Cn1cc(OCc2cc(CNC3CC3)co2)cn1. The summed E-state index contributed by atoms with van der Waals surface area (Å²) in [4.78, 5) is 0. The van der Waals surface area contributed by atoms with E-state index in [2.05, 4.69) is 10.4 Å². The van der Waals surface area contributed by atoms with Crippen molar-refractivity contribution in [2.45, 2.75) is 32.0 Å². The van der Waals surface area contributed by atoms with Crippen LogP contribution in [0.1, 0.15) is 24.2 Å². The van der Waals surface area contributed by atoms with Gasteiger partial charge in [-0.05, 0) is 18.9 Å². The van der Waals surface area contributed by atoms with Crippen LogP contribution in [-0.2, 0) is 20.2 Å². The van der Waals surface area contributed by atoms with Gasteiger partial charge in [0.1, 0.15) is 12.4 Å². The van der Waals surface area contributed by atoms with Crippen LogP contribution < -0.4 is 10.1 Å². The van der Waals surface area contributed by atoms with E-state index in [1.165, 1.54) is 18.4 Å². The van der Waals surface area contributed by atoms with Crippen LogP contribution in [0.15, 0.2) is 29.1 Å². The lowest BCUT2D eigenvalue weighted by Gasteiger charge is -1.99. The van der Waals surface area contributed by atoms with E-state index in [1.54, 1.807) is 17.1 Å². The monoisotopic (exact) mass is 247 g/mol. The lowest BCUT2D eigenvalue weighted by Crippen LogP contribution is -2.14. The maximum absolute atomic E-state index is 5.57. The molecule has 1 fully saturated rings. The summed E-state index contributed by atoms with van der Waals surface area (Å²) >= 11 is 0. The number of aryl methyl sites for hydroxylation is 1. The van der Waals surface area contributed by atoms with Crippen LogP contribution in [0.4, 0.5) is 0 Å². The molecule has 5 heteroatoms. The van der Waals surface area contributed by atoms with Gasteiger partial charge >= 0.3 is 0 Å². The third-order valence-corrected chi connectivity index (χ3v) is 2.94. The highest BCUT2D eigenvalue weighted by Crippen LogP contribution is 2.20. The smallest absolute Gasteiger partial charge is 0.157 e. The number of ether oxygens (including phenoxy) is 1. The van der Waals surface area contributed by atoms with Crippen LogP contribution in [0.25, 0.3) is 0 Å². The molecule has 3 rings (SSSR count). The van der Waals surface area contributed by atoms with E-state index in [0.717, 1.165) is 24.1 Å².